The van der Waals surface area contributed by atoms with Gasteiger partial charge in [-0.15, -0.1) is 11.3 Å². The van der Waals surface area contributed by atoms with Crippen molar-refractivity contribution in [2.24, 2.45) is 0 Å². The molecule has 0 radical (unpaired) electrons. The minimum Gasteiger partial charge on any atom is -0.481 e. The lowest BCUT2D eigenvalue weighted by Gasteiger charge is -2.04. The molecular formula is C17H15NO4S. The molecular weight excluding hydrogens is 314 g/mol. The maximum atomic E-state index is 11.5. The van der Waals surface area contributed by atoms with Gasteiger partial charge >= 0.3 is 12.1 Å². The quantitative estimate of drug-likeness (QED) is 0.827. The van der Waals surface area contributed by atoms with Crippen LogP contribution in [0.2, 0.25) is 0 Å². The van der Waals surface area contributed by atoms with Crippen molar-refractivity contribution in [1.29, 1.82) is 0 Å². The van der Waals surface area contributed by atoms with Gasteiger partial charge in [0.15, 0.2) is 0 Å². The molecule has 0 aliphatic rings. The molecule has 0 saturated carbocycles. The molecule has 1 amide bonds. The number of carboxylic acid groups (broad SMARTS) is 1. The van der Waals surface area contributed by atoms with Crippen LogP contribution in [0, 0.1) is 11.8 Å². The molecule has 0 unspecified atom stereocenters. The molecule has 1 aromatic heterocycles. The van der Waals surface area contributed by atoms with E-state index < -0.39 is 12.1 Å². The summed E-state index contributed by atoms with van der Waals surface area (Å²) in [6, 6.07) is 11.1. The van der Waals surface area contributed by atoms with Crippen LogP contribution in [0.1, 0.15) is 16.0 Å². The number of thiophene rings is 1. The number of alkyl carbamates (subject to hydrolysis) is 1. The van der Waals surface area contributed by atoms with Crippen LogP contribution >= 0.6 is 11.3 Å². The number of aliphatic carboxylic acids is 1. The Morgan fingerprint density at radius 3 is 2.78 bits per heavy atom. The highest BCUT2D eigenvalue weighted by atomic mass is 32.1. The van der Waals surface area contributed by atoms with Crippen molar-refractivity contribution in [3.8, 4) is 11.8 Å². The van der Waals surface area contributed by atoms with E-state index in [-0.39, 0.29) is 19.6 Å². The fourth-order valence-electron chi connectivity index (χ4n) is 1.72. The SMILES string of the molecule is O=C(O)Cc1cc(C#CCNC(=O)OCc2ccccc2)cs1. The lowest BCUT2D eigenvalue weighted by atomic mass is 10.2. The first-order valence-corrected chi connectivity index (χ1v) is 7.74. The lowest BCUT2D eigenvalue weighted by molar-refractivity contribution is -0.136. The van der Waals surface area contributed by atoms with E-state index in [1.807, 2.05) is 30.3 Å². The number of rotatable bonds is 5. The predicted octanol–water partition coefficient (Wildman–Crippen LogP) is 2.65. The van der Waals surface area contributed by atoms with E-state index in [0.717, 1.165) is 16.0 Å². The van der Waals surface area contributed by atoms with Crippen LogP contribution in [-0.4, -0.2) is 23.7 Å². The van der Waals surface area contributed by atoms with E-state index in [0.29, 0.717) is 0 Å². The summed E-state index contributed by atoms with van der Waals surface area (Å²) in [4.78, 5) is 22.8. The molecule has 0 spiro atoms. The number of carboxylic acids is 1. The number of benzene rings is 1. The highest BCUT2D eigenvalue weighted by molar-refractivity contribution is 7.10. The summed E-state index contributed by atoms with van der Waals surface area (Å²) in [5, 5.41) is 13.0. The molecule has 0 bridgehead atoms. The van der Waals surface area contributed by atoms with Gasteiger partial charge in [-0.1, -0.05) is 42.2 Å². The fraction of sp³-hybridized carbons (Fsp3) is 0.176. The van der Waals surface area contributed by atoms with E-state index in [9.17, 15) is 9.59 Å². The first kappa shape index (κ1) is 16.6. The summed E-state index contributed by atoms with van der Waals surface area (Å²) in [5.74, 6) is 4.79. The van der Waals surface area contributed by atoms with Gasteiger partial charge in [0, 0.05) is 15.8 Å². The molecule has 0 atom stereocenters. The average Bonchev–Trinajstić information content (AvgIpc) is 2.97. The van der Waals surface area contributed by atoms with E-state index in [4.69, 9.17) is 9.84 Å². The Balaban J connectivity index is 1.71. The van der Waals surface area contributed by atoms with Crippen molar-refractivity contribution < 1.29 is 19.4 Å². The van der Waals surface area contributed by atoms with E-state index >= 15 is 0 Å². The molecule has 2 aromatic rings. The lowest BCUT2D eigenvalue weighted by Crippen LogP contribution is -2.24. The van der Waals surface area contributed by atoms with Gasteiger partial charge in [0.05, 0.1) is 13.0 Å². The van der Waals surface area contributed by atoms with E-state index in [2.05, 4.69) is 17.2 Å². The zero-order valence-electron chi connectivity index (χ0n) is 12.2. The number of carbonyl (C=O) groups is 2. The third-order valence-electron chi connectivity index (χ3n) is 2.75. The topological polar surface area (TPSA) is 75.6 Å². The molecule has 1 heterocycles. The summed E-state index contributed by atoms with van der Waals surface area (Å²) in [6.07, 6.45) is -0.531. The number of nitrogens with one attached hydrogen (secondary N) is 1. The number of carbonyl (C=O) groups excluding carboxylic acids is 1. The monoisotopic (exact) mass is 329 g/mol. The summed E-state index contributed by atoms with van der Waals surface area (Å²) in [5.41, 5.74) is 1.66. The number of hydrogen-bond donors (Lipinski definition) is 2. The smallest absolute Gasteiger partial charge is 0.408 e. The Morgan fingerprint density at radius 1 is 1.26 bits per heavy atom. The van der Waals surface area contributed by atoms with Gasteiger partial charge in [0.1, 0.15) is 6.61 Å². The minimum atomic E-state index is -0.866. The second kappa shape index (κ2) is 8.61. The van der Waals surface area contributed by atoms with Crippen LogP contribution < -0.4 is 5.32 Å². The molecule has 0 aliphatic heterocycles. The van der Waals surface area contributed by atoms with Gasteiger partial charge in [-0.05, 0) is 11.6 Å². The van der Waals surface area contributed by atoms with Crippen LogP contribution in [0.15, 0.2) is 41.8 Å². The van der Waals surface area contributed by atoms with Crippen LogP contribution in [0.5, 0.6) is 0 Å². The normalized spacial score (nSPS) is 9.57. The first-order valence-electron chi connectivity index (χ1n) is 6.86. The fourth-order valence-corrected chi connectivity index (χ4v) is 2.53. The third kappa shape index (κ3) is 6.24. The van der Waals surface area contributed by atoms with Gasteiger partial charge in [0.2, 0.25) is 0 Å². The largest absolute Gasteiger partial charge is 0.481 e. The third-order valence-corrected chi connectivity index (χ3v) is 3.68. The molecule has 0 fully saturated rings. The summed E-state index contributed by atoms with van der Waals surface area (Å²) < 4.78 is 5.05. The van der Waals surface area contributed by atoms with Crippen LogP contribution in [0.4, 0.5) is 4.79 Å². The Hall–Kier alpha value is -2.78. The van der Waals surface area contributed by atoms with E-state index in [1.165, 1.54) is 11.3 Å². The van der Waals surface area contributed by atoms with Gasteiger partial charge in [-0.2, -0.15) is 0 Å². The Morgan fingerprint density at radius 2 is 2.04 bits per heavy atom. The van der Waals surface area contributed by atoms with Crippen LogP contribution in [-0.2, 0) is 22.6 Å². The maximum absolute atomic E-state index is 11.5. The Kier molecular flexibility index (Phi) is 6.21. The summed E-state index contributed by atoms with van der Waals surface area (Å²) >= 11 is 1.35. The molecule has 2 N–H and O–H groups in total. The highest BCUT2D eigenvalue weighted by Crippen LogP contribution is 2.14. The van der Waals surface area contributed by atoms with Crippen LogP contribution in [0.25, 0.3) is 0 Å². The minimum absolute atomic E-state index is 0.00356. The standard InChI is InChI=1S/C17H15NO4S/c19-16(20)10-15-9-14(12-23-15)7-4-8-18-17(21)22-11-13-5-2-1-3-6-13/h1-3,5-6,9,12H,8,10-11H2,(H,18,21)(H,19,20). The molecule has 0 aliphatic carbocycles. The number of amides is 1. The van der Waals surface area contributed by atoms with Crippen molar-refractivity contribution in [1.82, 2.24) is 5.32 Å². The second-order valence-electron chi connectivity index (χ2n) is 4.59. The van der Waals surface area contributed by atoms with Gasteiger partial charge in [0.25, 0.3) is 0 Å². The molecule has 1 aromatic carbocycles. The van der Waals surface area contributed by atoms with Crippen molar-refractivity contribution in [2.45, 2.75) is 13.0 Å². The number of ether oxygens (including phenoxy) is 1. The second-order valence-corrected chi connectivity index (χ2v) is 5.59. The summed E-state index contributed by atoms with van der Waals surface area (Å²) in [6.45, 7) is 0.376. The van der Waals surface area contributed by atoms with Crippen molar-refractivity contribution in [3.05, 3.63) is 57.8 Å². The summed E-state index contributed by atoms with van der Waals surface area (Å²) in [7, 11) is 0. The van der Waals surface area contributed by atoms with Gasteiger partial charge in [-0.25, -0.2) is 4.79 Å². The molecule has 0 saturated heterocycles. The van der Waals surface area contributed by atoms with Crippen molar-refractivity contribution >= 4 is 23.4 Å². The molecule has 6 heteroatoms. The van der Waals surface area contributed by atoms with Gasteiger partial charge < -0.3 is 15.2 Å². The maximum Gasteiger partial charge on any atom is 0.408 e. The van der Waals surface area contributed by atoms with Crippen molar-refractivity contribution in [2.75, 3.05) is 6.54 Å². The molecule has 118 valence electrons. The number of hydrogen-bond acceptors (Lipinski definition) is 4. The molecule has 5 nitrogen and oxygen atoms in total. The van der Waals surface area contributed by atoms with Crippen molar-refractivity contribution in [3.63, 3.8) is 0 Å². The van der Waals surface area contributed by atoms with Crippen LogP contribution in [0.3, 0.4) is 0 Å². The average molecular weight is 329 g/mol. The first-order chi connectivity index (χ1) is 11.1. The van der Waals surface area contributed by atoms with E-state index in [1.54, 1.807) is 11.4 Å². The zero-order valence-corrected chi connectivity index (χ0v) is 13.1. The molecule has 23 heavy (non-hydrogen) atoms. The highest BCUT2D eigenvalue weighted by Gasteiger charge is 2.03. The molecule has 2 rings (SSSR count). The Labute approximate surface area is 137 Å². The zero-order chi connectivity index (χ0) is 16.5. The van der Waals surface area contributed by atoms with Gasteiger partial charge in [-0.3, -0.25) is 4.79 Å². The Bertz CT molecular complexity index is 728. The predicted molar refractivity (Wildman–Crippen MR) is 87.2 cm³/mol.